The normalized spacial score (nSPS) is 10.5. The fourth-order valence-electron chi connectivity index (χ4n) is 1.90. The Bertz CT molecular complexity index is 910. The van der Waals surface area contributed by atoms with E-state index in [-0.39, 0.29) is 16.7 Å². The number of rotatable bonds is 3. The van der Waals surface area contributed by atoms with Crippen LogP contribution in [0.15, 0.2) is 36.4 Å². The van der Waals surface area contributed by atoms with E-state index in [0.717, 1.165) is 30.3 Å². The molecule has 1 amide bonds. The van der Waals surface area contributed by atoms with Crippen LogP contribution < -0.4 is 10.9 Å². The van der Waals surface area contributed by atoms with Crippen molar-refractivity contribution in [3.8, 4) is 12.1 Å². The molecule has 0 fully saturated rings. The van der Waals surface area contributed by atoms with Gasteiger partial charge in [0.1, 0.15) is 11.9 Å². The van der Waals surface area contributed by atoms with Gasteiger partial charge in [-0.1, -0.05) is 0 Å². The van der Waals surface area contributed by atoms with Crippen molar-refractivity contribution < 1.29 is 22.4 Å². The highest BCUT2D eigenvalue weighted by Crippen LogP contribution is 2.35. The summed E-state index contributed by atoms with van der Waals surface area (Å²) in [6, 6.07) is 8.96. The van der Waals surface area contributed by atoms with Crippen LogP contribution >= 0.6 is 0 Å². The molecule has 2 N–H and O–H groups in total. The van der Waals surface area contributed by atoms with Crippen LogP contribution in [-0.2, 0) is 6.18 Å². The molecule has 2 rings (SSSR count). The molecule has 0 aliphatic heterocycles. The first-order valence-electron chi connectivity index (χ1n) is 6.63. The van der Waals surface area contributed by atoms with Crippen molar-refractivity contribution in [3.63, 3.8) is 0 Å². The van der Waals surface area contributed by atoms with Crippen LogP contribution in [0.1, 0.15) is 27.0 Å². The molecule has 0 atom stereocenters. The van der Waals surface area contributed by atoms with Crippen molar-refractivity contribution in [1.82, 2.24) is 5.43 Å². The molecule has 0 spiro atoms. The number of hydrogen-bond donors (Lipinski definition) is 2. The van der Waals surface area contributed by atoms with Crippen LogP contribution in [0.25, 0.3) is 0 Å². The fourth-order valence-corrected chi connectivity index (χ4v) is 1.90. The second-order valence-corrected chi connectivity index (χ2v) is 4.76. The van der Waals surface area contributed by atoms with Crippen molar-refractivity contribution in [2.24, 2.45) is 0 Å². The lowest BCUT2D eigenvalue weighted by Gasteiger charge is -2.15. The lowest BCUT2D eigenvalue weighted by atomic mass is 10.1. The zero-order valence-electron chi connectivity index (χ0n) is 12.3. The third-order valence-corrected chi connectivity index (χ3v) is 3.12. The third-order valence-electron chi connectivity index (χ3n) is 3.12. The number of carbonyl (C=O) groups is 1. The number of nitrogens with zero attached hydrogens (tertiary/aromatic N) is 2. The molecule has 5 nitrogen and oxygen atoms in total. The molecule has 0 heterocycles. The number of amides is 1. The number of hydrogen-bond acceptors (Lipinski definition) is 4. The Balaban J connectivity index is 2.21. The number of benzene rings is 2. The van der Waals surface area contributed by atoms with Crippen LogP contribution in [0.5, 0.6) is 0 Å². The summed E-state index contributed by atoms with van der Waals surface area (Å²) in [6.45, 7) is 0. The van der Waals surface area contributed by atoms with Gasteiger partial charge < -0.3 is 0 Å². The maximum Gasteiger partial charge on any atom is 0.418 e. The van der Waals surface area contributed by atoms with Crippen LogP contribution in [0.2, 0.25) is 0 Å². The summed E-state index contributed by atoms with van der Waals surface area (Å²) >= 11 is 0. The molecule has 0 saturated carbocycles. The standard InChI is InChI=1S/C16H8F4N4O/c17-13-6-10(2-3-11(13)8-22)15(25)24-23-14-4-1-9(7-21)5-12(14)16(18,19)20/h1-6,23H,(H,24,25). The smallest absolute Gasteiger partial charge is 0.298 e. The maximum absolute atomic E-state index is 13.5. The van der Waals surface area contributed by atoms with Gasteiger partial charge in [-0.3, -0.25) is 15.6 Å². The van der Waals surface area contributed by atoms with Gasteiger partial charge in [0.25, 0.3) is 5.91 Å². The minimum atomic E-state index is -4.75. The Labute approximate surface area is 139 Å². The SMILES string of the molecule is N#Cc1ccc(NNC(=O)c2ccc(C#N)c(F)c2)c(C(F)(F)F)c1. The Morgan fingerprint density at radius 1 is 1.04 bits per heavy atom. The van der Waals surface area contributed by atoms with Crippen LogP contribution in [0.3, 0.4) is 0 Å². The van der Waals surface area contributed by atoms with Gasteiger partial charge in [-0.05, 0) is 36.4 Å². The number of alkyl halides is 3. The minimum Gasteiger partial charge on any atom is -0.298 e. The molecule has 0 radical (unpaired) electrons. The topological polar surface area (TPSA) is 88.7 Å². The summed E-state index contributed by atoms with van der Waals surface area (Å²) in [7, 11) is 0. The summed E-state index contributed by atoms with van der Waals surface area (Å²) in [5.74, 6) is -1.83. The van der Waals surface area contributed by atoms with Gasteiger partial charge in [-0.25, -0.2) is 4.39 Å². The molecule has 126 valence electrons. The average molecular weight is 348 g/mol. The second-order valence-electron chi connectivity index (χ2n) is 4.76. The van der Waals surface area contributed by atoms with Gasteiger partial charge in [0, 0.05) is 5.56 Å². The monoisotopic (exact) mass is 348 g/mol. The van der Waals surface area contributed by atoms with E-state index in [2.05, 4.69) is 5.43 Å². The second kappa shape index (κ2) is 6.89. The third kappa shape index (κ3) is 4.03. The first-order chi connectivity index (χ1) is 11.8. The van der Waals surface area contributed by atoms with E-state index in [1.54, 1.807) is 12.1 Å². The Morgan fingerprint density at radius 3 is 2.32 bits per heavy atom. The molecule has 9 heteroatoms. The van der Waals surface area contributed by atoms with Crippen LogP contribution in [0.4, 0.5) is 23.2 Å². The van der Waals surface area contributed by atoms with Gasteiger partial charge in [-0.15, -0.1) is 0 Å². The molecule has 2 aromatic carbocycles. The largest absolute Gasteiger partial charge is 0.418 e. The molecule has 2 aromatic rings. The van der Waals surface area contributed by atoms with E-state index in [4.69, 9.17) is 10.5 Å². The Hall–Kier alpha value is -3.59. The zero-order valence-corrected chi connectivity index (χ0v) is 12.3. The summed E-state index contributed by atoms with van der Waals surface area (Å²) < 4.78 is 52.5. The lowest BCUT2D eigenvalue weighted by molar-refractivity contribution is -0.137. The van der Waals surface area contributed by atoms with Gasteiger partial charge >= 0.3 is 6.18 Å². The first kappa shape index (κ1) is 17.8. The first-order valence-corrected chi connectivity index (χ1v) is 6.63. The molecule has 0 unspecified atom stereocenters. The van der Waals surface area contributed by atoms with E-state index in [1.807, 2.05) is 5.43 Å². The highest BCUT2D eigenvalue weighted by Gasteiger charge is 2.34. The average Bonchev–Trinajstić information content (AvgIpc) is 2.58. The lowest BCUT2D eigenvalue weighted by Crippen LogP contribution is -2.30. The predicted octanol–water partition coefficient (Wildman–Crippen LogP) is 3.34. The highest BCUT2D eigenvalue weighted by molar-refractivity contribution is 5.95. The van der Waals surface area contributed by atoms with E-state index in [1.165, 1.54) is 0 Å². The molecule has 0 aliphatic rings. The number of nitriles is 2. The number of carbonyl (C=O) groups excluding carboxylic acids is 1. The summed E-state index contributed by atoms with van der Waals surface area (Å²) in [6.07, 6.45) is -4.75. The van der Waals surface area contributed by atoms with Crippen molar-refractivity contribution in [3.05, 3.63) is 64.5 Å². The maximum atomic E-state index is 13.5. The van der Waals surface area contributed by atoms with E-state index in [0.29, 0.717) is 6.07 Å². The number of hydrazine groups is 1. The highest BCUT2D eigenvalue weighted by atomic mass is 19.4. The van der Waals surface area contributed by atoms with Crippen molar-refractivity contribution in [2.45, 2.75) is 6.18 Å². The summed E-state index contributed by atoms with van der Waals surface area (Å²) in [4.78, 5) is 11.9. The van der Waals surface area contributed by atoms with Gasteiger partial charge in [0.05, 0.1) is 28.4 Å². The molecule has 0 aromatic heterocycles. The van der Waals surface area contributed by atoms with Gasteiger partial charge in [0.2, 0.25) is 0 Å². The zero-order chi connectivity index (χ0) is 18.6. The number of nitrogens with one attached hydrogen (secondary N) is 2. The van der Waals surface area contributed by atoms with Crippen LogP contribution in [0, 0.1) is 28.5 Å². The quantitative estimate of drug-likeness (QED) is 0.658. The van der Waals surface area contributed by atoms with Gasteiger partial charge in [0.15, 0.2) is 0 Å². The summed E-state index contributed by atoms with van der Waals surface area (Å²) in [5, 5.41) is 17.3. The van der Waals surface area contributed by atoms with Gasteiger partial charge in [-0.2, -0.15) is 23.7 Å². The molecular formula is C16H8F4N4O. The van der Waals surface area contributed by atoms with Crippen molar-refractivity contribution in [2.75, 3.05) is 5.43 Å². The fraction of sp³-hybridized carbons (Fsp3) is 0.0625. The number of anilines is 1. The molecular weight excluding hydrogens is 340 g/mol. The van der Waals surface area contributed by atoms with E-state index < -0.39 is 29.2 Å². The molecule has 25 heavy (non-hydrogen) atoms. The van der Waals surface area contributed by atoms with E-state index in [9.17, 15) is 22.4 Å². The Kier molecular flexibility index (Phi) is 4.89. The van der Waals surface area contributed by atoms with Crippen molar-refractivity contribution >= 4 is 11.6 Å². The summed E-state index contributed by atoms with van der Waals surface area (Å²) in [5.41, 5.74) is 1.84. The minimum absolute atomic E-state index is 0.189. The Morgan fingerprint density at radius 2 is 1.76 bits per heavy atom. The molecule has 0 saturated heterocycles. The van der Waals surface area contributed by atoms with E-state index >= 15 is 0 Å². The molecule has 0 bridgehead atoms. The van der Waals surface area contributed by atoms with Crippen molar-refractivity contribution in [1.29, 1.82) is 10.5 Å². The predicted molar refractivity (Wildman–Crippen MR) is 78.4 cm³/mol. The van der Waals surface area contributed by atoms with Crippen LogP contribution in [-0.4, -0.2) is 5.91 Å². The number of halogens is 4. The molecule has 0 aliphatic carbocycles.